The Morgan fingerprint density at radius 2 is 1.35 bits per heavy atom. The topological polar surface area (TPSA) is 146 Å². The van der Waals surface area contributed by atoms with E-state index in [1.165, 1.54) is 74.6 Å². The zero-order chi connectivity index (χ0) is 41.2. The Kier molecular flexibility index (Phi) is 15.8. The molecule has 17 heteroatoms. The van der Waals surface area contributed by atoms with E-state index in [2.05, 4.69) is 41.1 Å². The fourth-order valence-electron chi connectivity index (χ4n) is 6.23. The lowest BCUT2D eigenvalue weighted by Gasteiger charge is -2.22. The average molecular weight is 851 g/mol. The van der Waals surface area contributed by atoms with Crippen molar-refractivity contribution in [3.8, 4) is 11.4 Å². The lowest BCUT2D eigenvalue weighted by molar-refractivity contribution is 0.112. The largest absolute Gasteiger partial charge is 0.335 e. The predicted molar refractivity (Wildman–Crippen MR) is 239 cm³/mol. The molecule has 1 saturated heterocycles. The van der Waals surface area contributed by atoms with Crippen LogP contribution in [0, 0.1) is 13.8 Å². The molecule has 57 heavy (non-hydrogen) atoms. The highest BCUT2D eigenvalue weighted by Crippen LogP contribution is 2.41. The summed E-state index contributed by atoms with van der Waals surface area (Å²) in [5.74, 6) is 2.05. The molecule has 13 nitrogen and oxygen atoms in total. The second-order valence-corrected chi connectivity index (χ2v) is 16.9. The van der Waals surface area contributed by atoms with Gasteiger partial charge >= 0.3 is 11.4 Å². The molecule has 1 aliphatic heterocycles. The van der Waals surface area contributed by atoms with E-state index in [9.17, 15) is 24.0 Å². The molecule has 0 aliphatic carbocycles. The summed E-state index contributed by atoms with van der Waals surface area (Å²) in [4.78, 5) is 63.1. The number of nitrogens with one attached hydrogen (secondary N) is 1. The van der Waals surface area contributed by atoms with Crippen molar-refractivity contribution in [2.75, 3.05) is 37.7 Å². The summed E-state index contributed by atoms with van der Waals surface area (Å²) in [6, 6.07) is 13.7. The Hall–Kier alpha value is -4.13. The van der Waals surface area contributed by atoms with E-state index in [1.807, 2.05) is 30.0 Å². The average Bonchev–Trinajstić information content (AvgIpc) is 3.95. The first-order chi connectivity index (χ1) is 27.4. The minimum atomic E-state index is -0.421. The Labute approximate surface area is 349 Å². The molecular weight excluding hydrogens is 801 g/mol. The van der Waals surface area contributed by atoms with Crippen molar-refractivity contribution in [3.63, 3.8) is 0 Å². The van der Waals surface area contributed by atoms with E-state index in [0.29, 0.717) is 40.1 Å². The van der Waals surface area contributed by atoms with Crippen LogP contribution in [0.3, 0.4) is 0 Å². The molecule has 0 amide bonds. The molecule has 0 radical (unpaired) electrons. The second-order valence-electron chi connectivity index (χ2n) is 13.7. The number of fused-ring (bicyclic) bond motifs is 2. The quantitative estimate of drug-likeness (QED) is 0.0871. The number of nitrogens with zero attached hydrogens (tertiary/aromatic N) is 7. The SMILES string of the molecule is CCCCN1CCSC1c1nsc2ccc(-n3c(=O)cc(C)n(C)c3=O)cc12.CCCCNCCS.Cc1cc(=O)n(-c2ccc3snc(C=O)c3c2)c(=O)n1C. The number of hydrogen-bond donors (Lipinski definition) is 2. The number of unbranched alkanes of at least 4 members (excludes halogenated alkanes) is 2. The molecule has 1 N–H and O–H groups in total. The van der Waals surface area contributed by atoms with E-state index in [0.717, 1.165) is 62.7 Å². The Bertz CT molecular complexity index is 2560. The number of aldehydes is 1. The molecule has 0 bridgehead atoms. The molecule has 5 heterocycles. The van der Waals surface area contributed by atoms with Crippen molar-refractivity contribution >= 4 is 73.9 Å². The van der Waals surface area contributed by atoms with Crippen LogP contribution in [0.2, 0.25) is 0 Å². The third-order valence-electron chi connectivity index (χ3n) is 9.73. The number of aryl methyl sites for hydroxylation is 2. The van der Waals surface area contributed by atoms with E-state index >= 15 is 0 Å². The number of rotatable bonds is 12. The zero-order valence-corrected chi connectivity index (χ0v) is 36.5. The zero-order valence-electron chi connectivity index (χ0n) is 33.2. The van der Waals surface area contributed by atoms with Crippen molar-refractivity contribution in [2.24, 2.45) is 14.1 Å². The highest BCUT2D eigenvalue weighted by Gasteiger charge is 2.29. The normalized spacial score (nSPS) is 14.1. The van der Waals surface area contributed by atoms with Gasteiger partial charge in [-0.2, -0.15) is 21.4 Å². The van der Waals surface area contributed by atoms with Crippen LogP contribution in [0.5, 0.6) is 0 Å². The number of hydrogen-bond acceptors (Lipinski definition) is 13. The first-order valence-corrected chi connectivity index (χ1v) is 22.2. The smallest absolute Gasteiger partial charge is 0.316 e. The standard InChI is InChI=1S/C20H24N4O2S2.C14H11N3O3S.C6H15NS/c1-4-5-8-23-9-10-27-19(23)18-15-12-14(6-7-16(15)28-21-18)24-17(25)11-13(2)22(3)20(24)26;1-8-5-13(19)17(14(20)16(8)2)9-3-4-12-10(6-9)11(7-18)15-21-12;1-2-3-4-7-5-6-8/h6-7,11-12,19H,4-5,8-10H2,1-3H3;3-7H,1-2H3;7-8H,2-6H2,1H3. The molecular formula is C40H50N8O5S4. The van der Waals surface area contributed by atoms with Crippen molar-refractivity contribution in [2.45, 2.75) is 58.8 Å². The first kappa shape index (κ1) is 44.0. The molecule has 1 aliphatic rings. The molecule has 1 unspecified atom stereocenters. The summed E-state index contributed by atoms with van der Waals surface area (Å²) in [6.07, 6.45) is 5.58. The maximum Gasteiger partial charge on any atom is 0.335 e. The fourth-order valence-corrected chi connectivity index (χ4v) is 9.29. The van der Waals surface area contributed by atoms with Crippen LogP contribution < -0.4 is 27.8 Å². The van der Waals surface area contributed by atoms with Gasteiger partial charge in [-0.15, -0.1) is 11.8 Å². The van der Waals surface area contributed by atoms with E-state index in [-0.39, 0.29) is 16.6 Å². The number of aromatic nitrogens is 6. The Balaban J connectivity index is 0.000000188. The molecule has 0 saturated carbocycles. The van der Waals surface area contributed by atoms with Crippen molar-refractivity contribution in [1.82, 2.24) is 37.2 Å². The van der Waals surface area contributed by atoms with Gasteiger partial charge in [-0.3, -0.25) is 19.3 Å². The lowest BCUT2D eigenvalue weighted by Crippen LogP contribution is -2.38. The van der Waals surface area contributed by atoms with E-state index in [1.54, 1.807) is 46.1 Å². The Morgan fingerprint density at radius 1 is 0.789 bits per heavy atom. The molecule has 304 valence electrons. The van der Waals surface area contributed by atoms with E-state index < -0.39 is 11.2 Å². The fraction of sp³-hybridized carbons (Fsp3) is 0.425. The Morgan fingerprint density at radius 3 is 1.91 bits per heavy atom. The first-order valence-electron chi connectivity index (χ1n) is 19.0. The van der Waals surface area contributed by atoms with Crippen LogP contribution in [0.25, 0.3) is 31.5 Å². The predicted octanol–water partition coefficient (Wildman–Crippen LogP) is 5.87. The van der Waals surface area contributed by atoms with Gasteiger partial charge in [0.1, 0.15) is 11.1 Å². The minimum absolute atomic E-state index is 0.244. The van der Waals surface area contributed by atoms with Crippen molar-refractivity contribution in [1.29, 1.82) is 0 Å². The van der Waals surface area contributed by atoms with Gasteiger partial charge in [0.15, 0.2) is 6.29 Å². The van der Waals surface area contributed by atoms with Gasteiger partial charge in [0, 0.05) is 73.0 Å². The van der Waals surface area contributed by atoms with Gasteiger partial charge in [-0.25, -0.2) is 18.7 Å². The van der Waals surface area contributed by atoms with E-state index in [4.69, 9.17) is 4.37 Å². The summed E-state index contributed by atoms with van der Waals surface area (Å²) in [5.41, 5.74) is 2.19. The number of thiol groups is 1. The minimum Gasteiger partial charge on any atom is -0.316 e. The monoisotopic (exact) mass is 850 g/mol. The lowest BCUT2D eigenvalue weighted by atomic mass is 10.1. The highest BCUT2D eigenvalue weighted by atomic mass is 32.2. The maximum atomic E-state index is 12.7. The maximum absolute atomic E-state index is 12.7. The second kappa shape index (κ2) is 20.5. The molecule has 1 fully saturated rings. The number of carbonyl (C=O) groups is 1. The van der Waals surface area contributed by atoms with Gasteiger partial charge < -0.3 is 14.5 Å². The summed E-state index contributed by atoms with van der Waals surface area (Å²) >= 11 is 8.67. The van der Waals surface area contributed by atoms with Crippen LogP contribution in [0.4, 0.5) is 0 Å². The van der Waals surface area contributed by atoms with Crippen LogP contribution in [0.15, 0.2) is 67.7 Å². The molecule has 2 aromatic carbocycles. The van der Waals surface area contributed by atoms with Crippen LogP contribution in [-0.2, 0) is 14.1 Å². The third-order valence-corrected chi connectivity index (χ3v) is 12.9. The highest BCUT2D eigenvalue weighted by molar-refractivity contribution is 7.99. The van der Waals surface area contributed by atoms with Gasteiger partial charge in [0.05, 0.1) is 26.5 Å². The molecule has 6 aromatic rings. The summed E-state index contributed by atoms with van der Waals surface area (Å²) in [5, 5.41) is 5.18. The van der Waals surface area contributed by atoms with Crippen molar-refractivity contribution < 1.29 is 4.79 Å². The van der Waals surface area contributed by atoms with Gasteiger partial charge in [0.2, 0.25) is 0 Å². The third kappa shape index (κ3) is 10.1. The van der Waals surface area contributed by atoms with Gasteiger partial charge in [-0.1, -0.05) is 26.7 Å². The van der Waals surface area contributed by atoms with Gasteiger partial charge in [-0.05, 0) is 99.2 Å². The van der Waals surface area contributed by atoms with Gasteiger partial charge in [0.25, 0.3) is 11.1 Å². The summed E-state index contributed by atoms with van der Waals surface area (Å²) in [6.45, 7) is 12.2. The summed E-state index contributed by atoms with van der Waals surface area (Å²) < 4.78 is 15.9. The number of carbonyl (C=O) groups excluding carboxylic acids is 1. The van der Waals surface area contributed by atoms with Crippen molar-refractivity contribution in [3.05, 3.63) is 113 Å². The van der Waals surface area contributed by atoms with Crippen LogP contribution in [-0.4, -0.2) is 75.9 Å². The number of benzene rings is 2. The molecule has 4 aromatic heterocycles. The molecule has 1 atom stereocenters. The van der Waals surface area contributed by atoms with Crippen LogP contribution in [0.1, 0.15) is 72.5 Å². The molecule has 0 spiro atoms. The van der Waals surface area contributed by atoms with Crippen LogP contribution >= 0.6 is 47.5 Å². The number of thioether (sulfide) groups is 1. The summed E-state index contributed by atoms with van der Waals surface area (Å²) in [7, 11) is 3.29. The molecule has 7 rings (SSSR count).